The summed E-state index contributed by atoms with van der Waals surface area (Å²) in [6, 6.07) is 16.2. The van der Waals surface area contributed by atoms with Crippen molar-refractivity contribution in [3.63, 3.8) is 0 Å². The van der Waals surface area contributed by atoms with E-state index in [4.69, 9.17) is 10.5 Å². The topological polar surface area (TPSA) is 105 Å². The number of hydrogen-bond acceptors (Lipinski definition) is 5. The maximum atomic E-state index is 14.7. The Bertz CT molecular complexity index is 1820. The van der Waals surface area contributed by atoms with Crippen LogP contribution in [0.2, 0.25) is 0 Å². The molecule has 1 saturated heterocycles. The number of fused-ring (bicyclic) bond motifs is 2. The molecule has 1 saturated carbocycles. The van der Waals surface area contributed by atoms with Gasteiger partial charge in [-0.3, -0.25) is 14.4 Å². The lowest BCUT2D eigenvalue weighted by Gasteiger charge is -2.45. The lowest BCUT2D eigenvalue weighted by Crippen LogP contribution is -2.62. The molecule has 6 rings (SSSR count). The Labute approximate surface area is 299 Å². The molecule has 0 aromatic heterocycles. The number of benzene rings is 3. The van der Waals surface area contributed by atoms with Crippen LogP contribution in [0.25, 0.3) is 5.57 Å². The zero-order valence-corrected chi connectivity index (χ0v) is 29.8. The standard InChI is InChI=1S/C41H48F2N4O4/c1-25-20-26(2)27(3)36(21-25)51-19-17-28-10-12-29(13-11-28)33-22-31-23-46(38(49)9-5-8-37(44)48)24-35(45-31)39(33)41(50)47(32-14-15-32)18-16-30-6-4-7-34(42)40(30)43/h4,6-7,10-13,20-21,31-32,35,45H,5,8-9,14-19,22-24H2,1-3H3,(H2,44,48)/t31?,35-/m1/s1. The van der Waals surface area contributed by atoms with Crippen LogP contribution in [0, 0.1) is 32.4 Å². The molecule has 0 radical (unpaired) electrons. The Morgan fingerprint density at radius 3 is 2.47 bits per heavy atom. The number of aryl methyl sites for hydroxylation is 2. The van der Waals surface area contributed by atoms with E-state index < -0.39 is 23.6 Å². The van der Waals surface area contributed by atoms with Crippen molar-refractivity contribution in [2.45, 2.75) is 90.3 Å². The second kappa shape index (κ2) is 15.8. The summed E-state index contributed by atoms with van der Waals surface area (Å²) in [5, 5.41) is 3.62. The zero-order valence-electron chi connectivity index (χ0n) is 29.8. The van der Waals surface area contributed by atoms with Gasteiger partial charge in [0.1, 0.15) is 5.75 Å². The number of ether oxygens (including phenoxy) is 1. The number of rotatable bonds is 14. The lowest BCUT2D eigenvalue weighted by molar-refractivity contribution is -0.134. The van der Waals surface area contributed by atoms with Crippen molar-refractivity contribution in [3.8, 4) is 5.75 Å². The number of nitrogens with zero attached hydrogens (tertiary/aromatic N) is 2. The molecule has 3 aliphatic rings. The van der Waals surface area contributed by atoms with Crippen molar-refractivity contribution in [2.75, 3.05) is 26.2 Å². The quantitative estimate of drug-likeness (QED) is 0.224. The molecular weight excluding hydrogens is 650 g/mol. The number of carbonyl (C=O) groups is 3. The maximum Gasteiger partial charge on any atom is 0.252 e. The molecular formula is C41H48F2N4O4. The van der Waals surface area contributed by atoms with Gasteiger partial charge in [-0.2, -0.15) is 0 Å². The van der Waals surface area contributed by atoms with Crippen LogP contribution >= 0.6 is 0 Å². The monoisotopic (exact) mass is 698 g/mol. The van der Waals surface area contributed by atoms with Gasteiger partial charge in [0.05, 0.1) is 12.6 Å². The molecule has 2 bridgehead atoms. The van der Waals surface area contributed by atoms with Crippen LogP contribution in [0.1, 0.15) is 71.9 Å². The number of nitrogens with one attached hydrogen (secondary N) is 1. The number of carbonyl (C=O) groups excluding carboxylic acids is 3. The molecule has 51 heavy (non-hydrogen) atoms. The lowest BCUT2D eigenvalue weighted by atomic mass is 9.82. The van der Waals surface area contributed by atoms with E-state index in [9.17, 15) is 23.2 Å². The number of halogens is 2. The molecule has 2 fully saturated rings. The van der Waals surface area contributed by atoms with Crippen LogP contribution < -0.4 is 15.8 Å². The van der Waals surface area contributed by atoms with Crippen LogP contribution in [-0.2, 0) is 27.2 Å². The van der Waals surface area contributed by atoms with Crippen molar-refractivity contribution in [2.24, 2.45) is 5.73 Å². The van der Waals surface area contributed by atoms with Crippen LogP contribution in [-0.4, -0.2) is 71.9 Å². The van der Waals surface area contributed by atoms with Crippen LogP contribution in [0.3, 0.4) is 0 Å². The predicted molar refractivity (Wildman–Crippen MR) is 193 cm³/mol. The highest BCUT2D eigenvalue weighted by molar-refractivity contribution is 6.03. The summed E-state index contributed by atoms with van der Waals surface area (Å²) in [6.07, 6.45) is 3.91. The SMILES string of the molecule is Cc1cc(C)c(C)c(OCCc2ccc(C3=C(C(=O)N(CCc4cccc(F)c4F)C4CC4)[C@H]4CN(C(=O)CCCC(N)=O)CC(C3)N4)cc2)c1. The number of piperazine rings is 1. The molecule has 1 aliphatic carbocycles. The van der Waals surface area contributed by atoms with Gasteiger partial charge in [0.2, 0.25) is 11.8 Å². The molecule has 3 N–H and O–H groups in total. The summed E-state index contributed by atoms with van der Waals surface area (Å²) in [6.45, 7) is 7.84. The minimum atomic E-state index is -0.900. The molecule has 3 amide bonds. The third-order valence-electron chi connectivity index (χ3n) is 10.4. The summed E-state index contributed by atoms with van der Waals surface area (Å²) < 4.78 is 34.8. The van der Waals surface area contributed by atoms with Gasteiger partial charge in [-0.25, -0.2) is 8.78 Å². The fourth-order valence-electron chi connectivity index (χ4n) is 7.42. The Morgan fingerprint density at radius 2 is 1.75 bits per heavy atom. The molecule has 3 aromatic carbocycles. The van der Waals surface area contributed by atoms with E-state index in [1.807, 2.05) is 4.90 Å². The van der Waals surface area contributed by atoms with Gasteiger partial charge in [-0.15, -0.1) is 0 Å². The predicted octanol–water partition coefficient (Wildman–Crippen LogP) is 5.73. The third-order valence-corrected chi connectivity index (χ3v) is 10.4. The second-order valence-corrected chi connectivity index (χ2v) is 14.3. The van der Waals surface area contributed by atoms with Crippen molar-refractivity contribution in [3.05, 3.63) is 105 Å². The Morgan fingerprint density at radius 1 is 0.980 bits per heavy atom. The minimum Gasteiger partial charge on any atom is -0.493 e. The molecule has 10 heteroatoms. The van der Waals surface area contributed by atoms with Crippen LogP contribution in [0.4, 0.5) is 8.78 Å². The highest BCUT2D eigenvalue weighted by Gasteiger charge is 2.43. The van der Waals surface area contributed by atoms with Gasteiger partial charge in [-0.1, -0.05) is 42.5 Å². The van der Waals surface area contributed by atoms with E-state index in [1.165, 1.54) is 17.2 Å². The Kier molecular flexibility index (Phi) is 11.2. The van der Waals surface area contributed by atoms with Crippen molar-refractivity contribution < 1.29 is 27.9 Å². The first kappa shape index (κ1) is 36.2. The van der Waals surface area contributed by atoms with E-state index in [0.29, 0.717) is 38.1 Å². The van der Waals surface area contributed by atoms with Gasteiger partial charge >= 0.3 is 0 Å². The fourth-order valence-corrected chi connectivity index (χ4v) is 7.42. The average Bonchev–Trinajstić information content (AvgIpc) is 3.94. The summed E-state index contributed by atoms with van der Waals surface area (Å²) in [7, 11) is 0. The van der Waals surface area contributed by atoms with E-state index in [0.717, 1.165) is 53.3 Å². The van der Waals surface area contributed by atoms with Crippen LogP contribution in [0.5, 0.6) is 5.75 Å². The number of primary amides is 1. The molecule has 0 spiro atoms. The average molecular weight is 699 g/mol. The third kappa shape index (κ3) is 8.67. The van der Waals surface area contributed by atoms with Crippen LogP contribution in [0.15, 0.2) is 60.2 Å². The van der Waals surface area contributed by atoms with E-state index in [1.54, 1.807) is 11.0 Å². The highest BCUT2D eigenvalue weighted by atomic mass is 19.2. The molecule has 3 aromatic rings. The largest absolute Gasteiger partial charge is 0.493 e. The molecule has 8 nitrogen and oxygen atoms in total. The second-order valence-electron chi connectivity index (χ2n) is 14.3. The summed E-state index contributed by atoms with van der Waals surface area (Å²) in [5.74, 6) is -1.51. The smallest absolute Gasteiger partial charge is 0.252 e. The first-order valence-corrected chi connectivity index (χ1v) is 18.1. The van der Waals surface area contributed by atoms with Gasteiger partial charge < -0.3 is 25.6 Å². The van der Waals surface area contributed by atoms with E-state index in [-0.39, 0.29) is 55.3 Å². The molecule has 2 heterocycles. The number of nitrogens with two attached hydrogens (primary N) is 1. The van der Waals surface area contributed by atoms with E-state index >= 15 is 0 Å². The van der Waals surface area contributed by atoms with Gasteiger partial charge in [0, 0.05) is 56.6 Å². The molecule has 1 unspecified atom stereocenters. The summed E-state index contributed by atoms with van der Waals surface area (Å²) in [4.78, 5) is 42.8. The van der Waals surface area contributed by atoms with Crippen molar-refractivity contribution in [1.29, 1.82) is 0 Å². The van der Waals surface area contributed by atoms with Gasteiger partial charge in [0.15, 0.2) is 11.6 Å². The zero-order chi connectivity index (χ0) is 36.2. The minimum absolute atomic E-state index is 0.0268. The summed E-state index contributed by atoms with van der Waals surface area (Å²) in [5.41, 5.74) is 12.7. The first-order valence-electron chi connectivity index (χ1n) is 18.1. The fraction of sp³-hybridized carbons (Fsp3) is 0.439. The highest BCUT2D eigenvalue weighted by Crippen LogP contribution is 2.37. The van der Waals surface area contributed by atoms with Crippen molar-refractivity contribution in [1.82, 2.24) is 15.1 Å². The Hall–Kier alpha value is -4.57. The summed E-state index contributed by atoms with van der Waals surface area (Å²) >= 11 is 0. The van der Waals surface area contributed by atoms with Gasteiger partial charge in [0.25, 0.3) is 5.91 Å². The number of amides is 3. The molecule has 270 valence electrons. The van der Waals surface area contributed by atoms with E-state index in [2.05, 4.69) is 62.5 Å². The van der Waals surface area contributed by atoms with Gasteiger partial charge in [-0.05, 0) is 104 Å². The Balaban J connectivity index is 1.24. The first-order chi connectivity index (χ1) is 24.5. The normalized spacial score (nSPS) is 18.5. The molecule has 2 aliphatic heterocycles. The maximum absolute atomic E-state index is 14.7. The van der Waals surface area contributed by atoms with Crippen molar-refractivity contribution >= 4 is 23.3 Å². The number of hydrogen-bond donors (Lipinski definition) is 2. The molecule has 2 atom stereocenters.